The van der Waals surface area contributed by atoms with Crippen molar-refractivity contribution in [3.8, 4) is 11.1 Å². The maximum atomic E-state index is 14.3. The lowest BCUT2D eigenvalue weighted by atomic mass is 10.0. The first-order chi connectivity index (χ1) is 11.2. The maximum absolute atomic E-state index is 14.3. The lowest BCUT2D eigenvalue weighted by Gasteiger charge is -2.08. The summed E-state index contributed by atoms with van der Waals surface area (Å²) in [5, 5.41) is 2.66. The number of anilines is 1. The van der Waals surface area contributed by atoms with Crippen LogP contribution >= 0.6 is 0 Å². The van der Waals surface area contributed by atoms with Crippen LogP contribution in [-0.2, 0) is 11.2 Å². The second-order valence-electron chi connectivity index (χ2n) is 5.84. The van der Waals surface area contributed by atoms with E-state index in [0.29, 0.717) is 5.56 Å². The Morgan fingerprint density at radius 1 is 1.35 bits per heavy atom. The van der Waals surface area contributed by atoms with Gasteiger partial charge in [0.15, 0.2) is 0 Å². The van der Waals surface area contributed by atoms with E-state index in [-0.39, 0.29) is 23.5 Å². The van der Waals surface area contributed by atoms with Gasteiger partial charge in [-0.25, -0.2) is 9.37 Å². The van der Waals surface area contributed by atoms with Gasteiger partial charge in [0.25, 0.3) is 0 Å². The van der Waals surface area contributed by atoms with Crippen molar-refractivity contribution < 1.29 is 9.18 Å². The van der Waals surface area contributed by atoms with Crippen LogP contribution in [0.4, 0.5) is 10.2 Å². The Labute approximate surface area is 135 Å². The highest BCUT2D eigenvalue weighted by Crippen LogP contribution is 2.30. The molecule has 2 aromatic rings. The number of pyridine rings is 1. The van der Waals surface area contributed by atoms with E-state index in [1.807, 2.05) is 30.3 Å². The van der Waals surface area contributed by atoms with Gasteiger partial charge in [0.2, 0.25) is 5.91 Å². The maximum Gasteiger partial charge on any atom is 0.228 e. The number of aromatic nitrogens is 1. The smallest absolute Gasteiger partial charge is 0.228 e. The van der Waals surface area contributed by atoms with Gasteiger partial charge in [-0.3, -0.25) is 4.79 Å². The predicted octanol–water partition coefficient (Wildman–Crippen LogP) is 4.35. The number of halogens is 1. The summed E-state index contributed by atoms with van der Waals surface area (Å²) in [6, 6.07) is 9.03. The normalized spacial score (nSPS) is 13.6. The molecule has 0 aliphatic heterocycles. The molecule has 3 rings (SSSR count). The molecule has 1 aromatic heterocycles. The van der Waals surface area contributed by atoms with Gasteiger partial charge in [-0.2, -0.15) is 0 Å². The van der Waals surface area contributed by atoms with Gasteiger partial charge in [0, 0.05) is 23.7 Å². The van der Waals surface area contributed by atoms with E-state index in [2.05, 4.69) is 16.9 Å². The number of hydrogen-bond acceptors (Lipinski definition) is 2. The fraction of sp³-hybridized carbons (Fsp3) is 0.263. The van der Waals surface area contributed by atoms with E-state index < -0.39 is 0 Å². The quantitative estimate of drug-likeness (QED) is 0.806. The molecule has 0 unspecified atom stereocenters. The molecule has 23 heavy (non-hydrogen) atoms. The summed E-state index contributed by atoms with van der Waals surface area (Å²) < 4.78 is 14.3. The standard InChI is InChI=1S/C19H19FN2O/c1-2-3-4-13-5-7-14(8-6-13)16-12-21-18(11-17(16)20)22-19(23)15-9-10-15/h2,5-8,11-12,15H,1,3-4,9-10H2,(H,21,22,23). The predicted molar refractivity (Wildman–Crippen MR) is 89.5 cm³/mol. The summed E-state index contributed by atoms with van der Waals surface area (Å²) in [5.41, 5.74) is 2.40. The SMILES string of the molecule is C=CCCc1ccc(-c2cnc(NC(=O)C3CC3)cc2F)cc1. The Balaban J connectivity index is 1.74. The number of benzene rings is 1. The number of carbonyl (C=O) groups excluding carboxylic acids is 1. The van der Waals surface area contributed by atoms with Gasteiger partial charge in [0.1, 0.15) is 11.6 Å². The summed E-state index contributed by atoms with van der Waals surface area (Å²) in [5.74, 6) is -0.116. The molecule has 4 heteroatoms. The largest absolute Gasteiger partial charge is 0.310 e. The van der Waals surface area contributed by atoms with Gasteiger partial charge in [0.05, 0.1) is 0 Å². The number of allylic oxidation sites excluding steroid dienone is 1. The molecule has 1 amide bonds. The molecule has 1 aliphatic carbocycles. The molecular formula is C19H19FN2O. The molecule has 118 valence electrons. The van der Waals surface area contributed by atoms with Crippen LogP contribution in [0.2, 0.25) is 0 Å². The molecule has 1 aliphatic rings. The van der Waals surface area contributed by atoms with E-state index in [4.69, 9.17) is 0 Å². The molecule has 0 saturated heterocycles. The minimum Gasteiger partial charge on any atom is -0.310 e. The van der Waals surface area contributed by atoms with Crippen LogP contribution in [0, 0.1) is 11.7 Å². The van der Waals surface area contributed by atoms with Crippen molar-refractivity contribution in [2.75, 3.05) is 5.32 Å². The Kier molecular flexibility index (Phi) is 4.51. The van der Waals surface area contributed by atoms with Crippen LogP contribution in [-0.4, -0.2) is 10.9 Å². The van der Waals surface area contributed by atoms with Crippen LogP contribution in [0.25, 0.3) is 11.1 Å². The number of hydrogen-bond donors (Lipinski definition) is 1. The molecule has 0 bridgehead atoms. The first kappa shape index (κ1) is 15.4. The third-order valence-electron chi connectivity index (χ3n) is 3.95. The van der Waals surface area contributed by atoms with Gasteiger partial charge in [-0.15, -0.1) is 6.58 Å². The fourth-order valence-electron chi connectivity index (χ4n) is 2.41. The van der Waals surface area contributed by atoms with E-state index in [1.54, 1.807) is 0 Å². The summed E-state index contributed by atoms with van der Waals surface area (Å²) in [4.78, 5) is 15.8. The minimum absolute atomic E-state index is 0.0719. The third kappa shape index (κ3) is 3.83. The summed E-state index contributed by atoms with van der Waals surface area (Å²) in [7, 11) is 0. The zero-order chi connectivity index (χ0) is 16.2. The zero-order valence-electron chi connectivity index (χ0n) is 12.9. The lowest BCUT2D eigenvalue weighted by molar-refractivity contribution is -0.117. The van der Waals surface area contributed by atoms with E-state index in [1.165, 1.54) is 17.8 Å². The average Bonchev–Trinajstić information content (AvgIpc) is 3.39. The van der Waals surface area contributed by atoms with Crippen LogP contribution in [0.1, 0.15) is 24.8 Å². The Hall–Kier alpha value is -2.49. The molecule has 0 atom stereocenters. The van der Waals surface area contributed by atoms with Crippen LogP contribution in [0.15, 0.2) is 49.2 Å². The minimum atomic E-state index is -0.384. The van der Waals surface area contributed by atoms with E-state index in [0.717, 1.165) is 31.2 Å². The highest BCUT2D eigenvalue weighted by Gasteiger charge is 2.29. The average molecular weight is 310 g/mol. The number of nitrogens with zero attached hydrogens (tertiary/aromatic N) is 1. The molecule has 1 N–H and O–H groups in total. The van der Waals surface area contributed by atoms with Crippen molar-refractivity contribution >= 4 is 11.7 Å². The van der Waals surface area contributed by atoms with Gasteiger partial charge < -0.3 is 5.32 Å². The molecular weight excluding hydrogens is 291 g/mol. The van der Waals surface area contributed by atoms with Gasteiger partial charge in [-0.05, 0) is 36.8 Å². The molecule has 1 saturated carbocycles. The third-order valence-corrected chi connectivity index (χ3v) is 3.95. The molecule has 3 nitrogen and oxygen atoms in total. The van der Waals surface area contributed by atoms with Crippen LogP contribution in [0.3, 0.4) is 0 Å². The number of nitrogens with one attached hydrogen (secondary N) is 1. The van der Waals surface area contributed by atoms with Crippen molar-refractivity contribution in [3.05, 3.63) is 60.6 Å². The first-order valence-corrected chi connectivity index (χ1v) is 7.84. The van der Waals surface area contributed by atoms with Crippen molar-refractivity contribution in [3.63, 3.8) is 0 Å². The molecule has 0 radical (unpaired) electrons. The summed E-state index contributed by atoms with van der Waals surface area (Å²) in [6.45, 7) is 3.71. The number of amides is 1. The molecule has 1 heterocycles. The van der Waals surface area contributed by atoms with E-state index in [9.17, 15) is 9.18 Å². The summed E-state index contributed by atoms with van der Waals surface area (Å²) in [6.07, 6.45) is 7.01. The van der Waals surface area contributed by atoms with Crippen molar-refractivity contribution in [2.45, 2.75) is 25.7 Å². The second kappa shape index (κ2) is 6.73. The van der Waals surface area contributed by atoms with E-state index >= 15 is 0 Å². The van der Waals surface area contributed by atoms with Gasteiger partial charge >= 0.3 is 0 Å². The molecule has 1 aromatic carbocycles. The molecule has 1 fully saturated rings. The lowest BCUT2D eigenvalue weighted by Crippen LogP contribution is -2.14. The number of rotatable bonds is 6. The van der Waals surface area contributed by atoms with Crippen molar-refractivity contribution in [2.24, 2.45) is 5.92 Å². The zero-order valence-corrected chi connectivity index (χ0v) is 12.9. The number of aryl methyl sites for hydroxylation is 1. The monoisotopic (exact) mass is 310 g/mol. The summed E-state index contributed by atoms with van der Waals surface area (Å²) >= 11 is 0. The number of carbonyl (C=O) groups is 1. The highest BCUT2D eigenvalue weighted by atomic mass is 19.1. The Morgan fingerprint density at radius 2 is 2.09 bits per heavy atom. The van der Waals surface area contributed by atoms with Crippen molar-refractivity contribution in [1.82, 2.24) is 4.98 Å². The Morgan fingerprint density at radius 3 is 2.70 bits per heavy atom. The van der Waals surface area contributed by atoms with Gasteiger partial charge in [-0.1, -0.05) is 30.3 Å². The Bertz CT molecular complexity index is 721. The van der Waals surface area contributed by atoms with Crippen molar-refractivity contribution in [1.29, 1.82) is 0 Å². The highest BCUT2D eigenvalue weighted by molar-refractivity contribution is 5.93. The molecule has 0 spiro atoms. The topological polar surface area (TPSA) is 42.0 Å². The van der Waals surface area contributed by atoms with Crippen LogP contribution in [0.5, 0.6) is 0 Å². The van der Waals surface area contributed by atoms with Crippen LogP contribution < -0.4 is 5.32 Å². The first-order valence-electron chi connectivity index (χ1n) is 7.84. The fourth-order valence-corrected chi connectivity index (χ4v) is 2.41. The second-order valence-corrected chi connectivity index (χ2v) is 5.84.